The normalized spacial score (nSPS) is 21.9. The number of alkyl halides is 2. The molecule has 0 bridgehead atoms. The van der Waals surface area contributed by atoms with Gasteiger partial charge in [0, 0.05) is 6.54 Å². The maximum atomic E-state index is 12.5. The molecule has 122 valence electrons. The zero-order chi connectivity index (χ0) is 16.8. The van der Waals surface area contributed by atoms with Crippen LogP contribution >= 0.6 is 23.2 Å². The van der Waals surface area contributed by atoms with E-state index >= 15 is 0 Å². The lowest BCUT2D eigenvalue weighted by molar-refractivity contribution is -0.125. The summed E-state index contributed by atoms with van der Waals surface area (Å²) in [7, 11) is 0. The molecule has 1 amide bonds. The fourth-order valence-electron chi connectivity index (χ4n) is 2.45. The number of benzene rings is 1. The van der Waals surface area contributed by atoms with E-state index in [1.807, 2.05) is 6.92 Å². The van der Waals surface area contributed by atoms with Gasteiger partial charge in [-0.15, -0.1) is 23.2 Å². The summed E-state index contributed by atoms with van der Waals surface area (Å²) in [6.45, 7) is 3.93. The average molecular weight is 355 g/mol. The Morgan fingerprint density at radius 3 is 2.65 bits per heavy atom. The van der Waals surface area contributed by atoms with Gasteiger partial charge in [-0.1, -0.05) is 12.1 Å². The molecule has 1 atom stereocenters. The predicted octanol–water partition coefficient (Wildman–Crippen LogP) is 2.44. The van der Waals surface area contributed by atoms with Gasteiger partial charge in [0.1, 0.15) is 4.33 Å². The lowest BCUT2D eigenvalue weighted by atomic mass is 10.1. The Morgan fingerprint density at radius 2 is 2.04 bits per heavy atom. The number of aromatic nitrogens is 2. The Balaban J connectivity index is 1.89. The Bertz CT molecular complexity index is 849. The van der Waals surface area contributed by atoms with Crippen LogP contribution in [-0.4, -0.2) is 19.8 Å². The number of hydrazine groups is 1. The predicted molar refractivity (Wildman–Crippen MR) is 90.6 cm³/mol. The number of fused-ring (bicyclic) bond motifs is 1. The van der Waals surface area contributed by atoms with Gasteiger partial charge >= 0.3 is 0 Å². The van der Waals surface area contributed by atoms with Crippen LogP contribution in [0, 0.1) is 5.41 Å². The second-order valence-electron chi connectivity index (χ2n) is 5.79. The van der Waals surface area contributed by atoms with Crippen molar-refractivity contribution in [2.75, 3.05) is 5.43 Å². The maximum absolute atomic E-state index is 12.5. The number of anilines is 1. The van der Waals surface area contributed by atoms with Gasteiger partial charge in [0.2, 0.25) is 11.9 Å². The van der Waals surface area contributed by atoms with Gasteiger partial charge in [-0.05, 0) is 32.4 Å². The van der Waals surface area contributed by atoms with Crippen LogP contribution in [0.25, 0.3) is 10.9 Å². The summed E-state index contributed by atoms with van der Waals surface area (Å²) in [6, 6.07) is 7.05. The molecule has 8 heteroatoms. The van der Waals surface area contributed by atoms with Crippen molar-refractivity contribution in [3.05, 3.63) is 34.6 Å². The number of nitrogens with zero attached hydrogens (tertiary/aromatic N) is 2. The van der Waals surface area contributed by atoms with Crippen LogP contribution in [0.1, 0.15) is 20.3 Å². The lowest BCUT2D eigenvalue weighted by Gasteiger charge is -2.16. The summed E-state index contributed by atoms with van der Waals surface area (Å²) in [5.74, 6) is -0.0731. The van der Waals surface area contributed by atoms with E-state index in [-0.39, 0.29) is 17.4 Å². The zero-order valence-electron chi connectivity index (χ0n) is 12.7. The third-order valence-electron chi connectivity index (χ3n) is 4.22. The van der Waals surface area contributed by atoms with E-state index in [1.165, 1.54) is 4.57 Å². The Labute approximate surface area is 142 Å². The first-order chi connectivity index (χ1) is 10.8. The fraction of sp³-hybridized carbons (Fsp3) is 0.400. The van der Waals surface area contributed by atoms with Crippen molar-refractivity contribution in [2.24, 2.45) is 5.41 Å². The van der Waals surface area contributed by atoms with Gasteiger partial charge in [-0.3, -0.25) is 25.0 Å². The second-order valence-corrected chi connectivity index (χ2v) is 7.28. The number of amides is 1. The lowest BCUT2D eigenvalue weighted by Crippen LogP contribution is -2.39. The third-order valence-corrected chi connectivity index (χ3v) is 5.33. The highest BCUT2D eigenvalue weighted by molar-refractivity contribution is 6.53. The number of hydrogen-bond donors (Lipinski definition) is 2. The minimum atomic E-state index is -1.06. The summed E-state index contributed by atoms with van der Waals surface area (Å²) in [5.41, 5.74) is 4.80. The highest BCUT2D eigenvalue weighted by Crippen LogP contribution is 2.63. The molecule has 23 heavy (non-hydrogen) atoms. The molecule has 0 aliphatic heterocycles. The number of nitrogens with one attached hydrogen (secondary N) is 2. The molecule has 1 aromatic heterocycles. The third kappa shape index (κ3) is 2.56. The van der Waals surface area contributed by atoms with E-state index in [0.29, 0.717) is 23.9 Å². The quantitative estimate of drug-likeness (QED) is 0.653. The standard InChI is InChI=1S/C15H16Cl2N4O2/c1-3-21-11(22)9-6-4-5-7-10(9)18-13(21)20-19-12(23)14(2)8-15(14,16)17/h4-7H,3,8H2,1-2H3,(H,18,20)(H,19,23). The van der Waals surface area contributed by atoms with E-state index in [2.05, 4.69) is 15.8 Å². The average Bonchev–Trinajstić information content (AvgIpc) is 3.05. The number of rotatable bonds is 4. The molecular weight excluding hydrogens is 339 g/mol. The van der Waals surface area contributed by atoms with Crippen LogP contribution < -0.4 is 16.4 Å². The number of halogens is 2. The van der Waals surface area contributed by atoms with Gasteiger partial charge in [-0.25, -0.2) is 4.98 Å². The van der Waals surface area contributed by atoms with Gasteiger partial charge in [-0.2, -0.15) is 0 Å². The molecule has 0 spiro atoms. The van der Waals surface area contributed by atoms with Gasteiger partial charge in [0.25, 0.3) is 5.56 Å². The second kappa shape index (κ2) is 5.39. The largest absolute Gasteiger partial charge is 0.277 e. The Kier molecular flexibility index (Phi) is 3.77. The van der Waals surface area contributed by atoms with Crippen LogP contribution in [-0.2, 0) is 11.3 Å². The van der Waals surface area contributed by atoms with Crippen molar-refractivity contribution in [1.29, 1.82) is 0 Å². The highest BCUT2D eigenvalue weighted by Gasteiger charge is 2.68. The molecule has 2 aromatic rings. The van der Waals surface area contributed by atoms with Gasteiger partial charge in [0.15, 0.2) is 0 Å². The molecular formula is C15H16Cl2N4O2. The maximum Gasteiger partial charge on any atom is 0.262 e. The van der Waals surface area contributed by atoms with Crippen molar-refractivity contribution in [1.82, 2.24) is 15.0 Å². The molecule has 2 N–H and O–H groups in total. The van der Waals surface area contributed by atoms with Crippen LogP contribution in [0.15, 0.2) is 29.1 Å². The van der Waals surface area contributed by atoms with Crippen LogP contribution in [0.4, 0.5) is 5.95 Å². The first-order valence-corrected chi connectivity index (χ1v) is 7.99. The highest BCUT2D eigenvalue weighted by atomic mass is 35.5. The van der Waals surface area contributed by atoms with Crippen LogP contribution in [0.2, 0.25) is 0 Å². The topological polar surface area (TPSA) is 76.0 Å². The van der Waals surface area contributed by atoms with E-state index in [4.69, 9.17) is 23.2 Å². The molecule has 1 unspecified atom stereocenters. The van der Waals surface area contributed by atoms with Crippen LogP contribution in [0.3, 0.4) is 0 Å². The molecule has 1 fully saturated rings. The molecule has 1 saturated carbocycles. The van der Waals surface area contributed by atoms with E-state index in [1.54, 1.807) is 31.2 Å². The van der Waals surface area contributed by atoms with Gasteiger partial charge in [0.05, 0.1) is 16.3 Å². The van der Waals surface area contributed by atoms with E-state index in [9.17, 15) is 9.59 Å². The number of hydrogen-bond acceptors (Lipinski definition) is 4. The first-order valence-electron chi connectivity index (χ1n) is 7.24. The summed E-state index contributed by atoms with van der Waals surface area (Å²) in [4.78, 5) is 29.1. The molecule has 1 aliphatic rings. The fourth-order valence-corrected chi connectivity index (χ4v) is 3.16. The number of carbonyl (C=O) groups is 1. The molecule has 3 rings (SSSR count). The van der Waals surface area contributed by atoms with Crippen molar-refractivity contribution >= 4 is 46.0 Å². The van der Waals surface area contributed by atoms with Crippen molar-refractivity contribution in [2.45, 2.75) is 31.1 Å². The Hall–Kier alpha value is -1.79. The van der Waals surface area contributed by atoms with Gasteiger partial charge < -0.3 is 0 Å². The first kappa shape index (κ1) is 16.1. The van der Waals surface area contributed by atoms with Crippen molar-refractivity contribution < 1.29 is 4.79 Å². The summed E-state index contributed by atoms with van der Waals surface area (Å²) in [5, 5.41) is 0.529. The van der Waals surface area contributed by atoms with E-state index < -0.39 is 9.75 Å². The Morgan fingerprint density at radius 1 is 1.39 bits per heavy atom. The number of para-hydroxylation sites is 1. The van der Waals surface area contributed by atoms with E-state index in [0.717, 1.165) is 0 Å². The molecule has 0 saturated heterocycles. The van der Waals surface area contributed by atoms with Crippen molar-refractivity contribution in [3.63, 3.8) is 0 Å². The molecule has 6 nitrogen and oxygen atoms in total. The SMILES string of the molecule is CCn1c(NNC(=O)C2(C)CC2(Cl)Cl)nc2ccccc2c1=O. The minimum Gasteiger partial charge on any atom is -0.277 e. The van der Waals surface area contributed by atoms with Crippen LogP contribution in [0.5, 0.6) is 0 Å². The monoisotopic (exact) mass is 354 g/mol. The summed E-state index contributed by atoms with van der Waals surface area (Å²) < 4.78 is 0.395. The van der Waals surface area contributed by atoms with Crippen molar-refractivity contribution in [3.8, 4) is 0 Å². The molecule has 1 aromatic carbocycles. The summed E-state index contributed by atoms with van der Waals surface area (Å²) >= 11 is 12.0. The smallest absolute Gasteiger partial charge is 0.262 e. The molecule has 1 heterocycles. The minimum absolute atomic E-state index is 0.170. The number of carbonyl (C=O) groups excluding carboxylic acids is 1. The summed E-state index contributed by atoms with van der Waals surface area (Å²) in [6.07, 6.45) is 0.377. The molecule has 0 radical (unpaired) electrons. The molecule has 1 aliphatic carbocycles. The zero-order valence-corrected chi connectivity index (χ0v) is 14.2.